The van der Waals surface area contributed by atoms with Gasteiger partial charge in [0.05, 0.1) is 13.2 Å². The molecule has 1 unspecified atom stereocenters. The van der Waals surface area contributed by atoms with Gasteiger partial charge in [0.25, 0.3) is 0 Å². The van der Waals surface area contributed by atoms with Crippen molar-refractivity contribution in [3.05, 3.63) is 59.2 Å². The maximum absolute atomic E-state index is 10.4. The molecule has 0 spiro atoms. The summed E-state index contributed by atoms with van der Waals surface area (Å²) in [5.41, 5.74) is 3.19. The van der Waals surface area contributed by atoms with Crippen LogP contribution in [0, 0.1) is 0 Å². The summed E-state index contributed by atoms with van der Waals surface area (Å²) in [6, 6.07) is 14.0. The van der Waals surface area contributed by atoms with Crippen molar-refractivity contribution in [2.45, 2.75) is 44.9 Å². The van der Waals surface area contributed by atoms with Crippen LogP contribution in [0.25, 0.3) is 0 Å². The number of nitrogens with one attached hydrogen (secondary N) is 1. The number of ether oxygens (including phenoxy) is 1. The predicted molar refractivity (Wildman–Crippen MR) is 108 cm³/mol. The van der Waals surface area contributed by atoms with Gasteiger partial charge in [-0.15, -0.1) is 12.4 Å². The van der Waals surface area contributed by atoms with Gasteiger partial charge in [-0.25, -0.2) is 0 Å². The topological polar surface area (TPSA) is 60.0 Å². The third-order valence-electron chi connectivity index (χ3n) is 4.59. The molecule has 27 heavy (non-hydrogen) atoms. The van der Waals surface area contributed by atoms with E-state index in [9.17, 15) is 5.11 Å². The lowest BCUT2D eigenvalue weighted by Gasteiger charge is -2.28. The van der Waals surface area contributed by atoms with Gasteiger partial charge in [-0.2, -0.15) is 4.89 Å². The van der Waals surface area contributed by atoms with Crippen LogP contribution < -0.4 is 14.9 Å². The first-order chi connectivity index (χ1) is 12.4. The zero-order valence-corrected chi connectivity index (χ0v) is 16.8. The Bertz CT molecular complexity index is 733. The molecule has 2 N–H and O–H groups in total. The Morgan fingerprint density at radius 3 is 2.56 bits per heavy atom. The third-order valence-corrected chi connectivity index (χ3v) is 4.59. The zero-order valence-electron chi connectivity index (χ0n) is 16.0. The molecular formula is C21H28ClNO4. The van der Waals surface area contributed by atoms with Crippen LogP contribution >= 0.6 is 12.4 Å². The number of halogens is 1. The number of hydrogen-bond donors (Lipinski definition) is 2. The fourth-order valence-corrected chi connectivity index (χ4v) is 3.13. The van der Waals surface area contributed by atoms with Crippen LogP contribution in [0.3, 0.4) is 0 Å². The van der Waals surface area contributed by atoms with Crippen LogP contribution in [0.1, 0.15) is 30.5 Å². The van der Waals surface area contributed by atoms with E-state index >= 15 is 0 Å². The molecule has 0 bridgehead atoms. The smallest absolute Gasteiger partial charge is 0.171 e. The first-order valence-corrected chi connectivity index (χ1v) is 8.92. The first kappa shape index (κ1) is 21.5. The minimum Gasteiger partial charge on any atom is -0.497 e. The molecule has 2 aromatic carbocycles. The monoisotopic (exact) mass is 393 g/mol. The highest BCUT2D eigenvalue weighted by atomic mass is 35.5. The highest BCUT2D eigenvalue weighted by molar-refractivity contribution is 5.85. The van der Waals surface area contributed by atoms with E-state index in [-0.39, 0.29) is 17.9 Å². The summed E-state index contributed by atoms with van der Waals surface area (Å²) >= 11 is 0. The number of hydrogen-bond acceptors (Lipinski definition) is 5. The second kappa shape index (κ2) is 9.42. The molecule has 5 nitrogen and oxygen atoms in total. The van der Waals surface area contributed by atoms with Gasteiger partial charge in [-0.05, 0) is 56.0 Å². The summed E-state index contributed by atoms with van der Waals surface area (Å²) in [7, 11) is 1.67. The lowest BCUT2D eigenvalue weighted by Crippen LogP contribution is -2.45. The van der Waals surface area contributed by atoms with Crippen molar-refractivity contribution < 1.29 is 19.6 Å². The van der Waals surface area contributed by atoms with Gasteiger partial charge in [0, 0.05) is 17.6 Å². The number of fused-ring (bicyclic) bond motifs is 1. The number of benzene rings is 2. The van der Waals surface area contributed by atoms with Gasteiger partial charge < -0.3 is 20.0 Å². The molecule has 0 aromatic heterocycles. The highest BCUT2D eigenvalue weighted by Gasteiger charge is 2.20. The molecule has 0 aliphatic carbocycles. The van der Waals surface area contributed by atoms with E-state index in [0.717, 1.165) is 29.0 Å². The second-order valence-electron chi connectivity index (χ2n) is 7.44. The second-order valence-corrected chi connectivity index (χ2v) is 7.44. The largest absolute Gasteiger partial charge is 0.497 e. The number of β-amino-alcohol motifs (C(OH)–C–C–N with tert-alkyl or cyclic N) is 1. The van der Waals surface area contributed by atoms with Crippen LogP contribution in [0.5, 0.6) is 11.5 Å². The van der Waals surface area contributed by atoms with Crippen molar-refractivity contribution in [1.82, 2.24) is 5.32 Å². The molecule has 3 rings (SSSR count). The fourth-order valence-electron chi connectivity index (χ4n) is 3.13. The van der Waals surface area contributed by atoms with Crippen molar-refractivity contribution in [2.24, 2.45) is 0 Å². The SMILES string of the molecule is COc1ccc(CC(C)(C)NCC(O)Cc2ccc3c(c2)OOC3)cc1.Cl. The van der Waals surface area contributed by atoms with E-state index in [4.69, 9.17) is 14.5 Å². The quantitative estimate of drug-likeness (QED) is 0.672. The molecule has 148 valence electrons. The molecule has 1 aliphatic rings. The summed E-state index contributed by atoms with van der Waals surface area (Å²) in [5.74, 6) is 1.61. The summed E-state index contributed by atoms with van der Waals surface area (Å²) in [5, 5.41) is 13.9. The number of rotatable bonds is 8. The van der Waals surface area contributed by atoms with E-state index in [0.29, 0.717) is 19.6 Å². The van der Waals surface area contributed by atoms with Gasteiger partial charge in [0.1, 0.15) is 12.4 Å². The Morgan fingerprint density at radius 2 is 1.85 bits per heavy atom. The highest BCUT2D eigenvalue weighted by Crippen LogP contribution is 2.27. The maximum Gasteiger partial charge on any atom is 0.171 e. The van der Waals surface area contributed by atoms with Crippen molar-refractivity contribution in [1.29, 1.82) is 0 Å². The van der Waals surface area contributed by atoms with Crippen LogP contribution in [-0.2, 0) is 24.3 Å². The molecular weight excluding hydrogens is 366 g/mol. The number of aliphatic hydroxyl groups is 1. The molecule has 1 heterocycles. The van der Waals surface area contributed by atoms with Crippen LogP contribution in [0.4, 0.5) is 0 Å². The van der Waals surface area contributed by atoms with E-state index < -0.39 is 6.10 Å². The Balaban J connectivity index is 0.00000261. The minimum atomic E-state index is -0.467. The average molecular weight is 394 g/mol. The van der Waals surface area contributed by atoms with Crippen molar-refractivity contribution in [3.63, 3.8) is 0 Å². The number of methoxy groups -OCH3 is 1. The maximum atomic E-state index is 10.4. The standard InChI is InChI=1S/C21H27NO4.ClH/c1-21(2,12-15-5-8-19(24-3)9-6-15)22-13-18(23)10-16-4-7-17-14-25-26-20(17)11-16;/h4-9,11,18,22-23H,10,12-14H2,1-3H3;1H. The third kappa shape index (κ3) is 6.11. The Hall–Kier alpha value is -1.79. The summed E-state index contributed by atoms with van der Waals surface area (Å²) in [6.45, 7) is 5.30. The molecule has 2 aromatic rings. The van der Waals surface area contributed by atoms with E-state index in [1.807, 2.05) is 30.3 Å². The van der Waals surface area contributed by atoms with Crippen molar-refractivity contribution >= 4 is 12.4 Å². The van der Waals surface area contributed by atoms with Crippen LogP contribution in [0.2, 0.25) is 0 Å². The molecule has 6 heteroatoms. The summed E-state index contributed by atoms with van der Waals surface area (Å²) < 4.78 is 5.20. The van der Waals surface area contributed by atoms with E-state index in [1.165, 1.54) is 5.56 Å². The minimum absolute atomic E-state index is 0. The van der Waals surface area contributed by atoms with E-state index in [1.54, 1.807) is 7.11 Å². The molecule has 0 fully saturated rings. The van der Waals surface area contributed by atoms with Crippen LogP contribution in [0.15, 0.2) is 42.5 Å². The van der Waals surface area contributed by atoms with Gasteiger partial charge in [-0.1, -0.05) is 24.3 Å². The molecule has 1 atom stereocenters. The average Bonchev–Trinajstić information content (AvgIpc) is 3.08. The Kier molecular flexibility index (Phi) is 7.50. The normalized spacial score (nSPS) is 14.1. The van der Waals surface area contributed by atoms with Gasteiger partial charge >= 0.3 is 0 Å². The first-order valence-electron chi connectivity index (χ1n) is 8.92. The van der Waals surface area contributed by atoms with Crippen molar-refractivity contribution in [3.8, 4) is 11.5 Å². The fraction of sp³-hybridized carbons (Fsp3) is 0.429. The van der Waals surface area contributed by atoms with E-state index in [2.05, 4.69) is 31.3 Å². The number of aliphatic hydroxyl groups excluding tert-OH is 1. The molecule has 0 saturated heterocycles. The van der Waals surface area contributed by atoms with Crippen molar-refractivity contribution in [2.75, 3.05) is 13.7 Å². The van der Waals surface area contributed by atoms with Gasteiger partial charge in [0.15, 0.2) is 5.75 Å². The van der Waals surface area contributed by atoms with Gasteiger partial charge in [-0.3, -0.25) is 0 Å². The summed E-state index contributed by atoms with van der Waals surface area (Å²) in [6.07, 6.45) is 0.973. The molecule has 0 radical (unpaired) electrons. The molecule has 0 amide bonds. The lowest BCUT2D eigenvalue weighted by atomic mass is 9.94. The Morgan fingerprint density at radius 1 is 1.15 bits per heavy atom. The Labute approximate surface area is 167 Å². The molecule has 1 aliphatic heterocycles. The predicted octanol–water partition coefficient (Wildman–Crippen LogP) is 3.46. The zero-order chi connectivity index (χ0) is 18.6. The van der Waals surface area contributed by atoms with Gasteiger partial charge in [0.2, 0.25) is 0 Å². The van der Waals surface area contributed by atoms with Crippen LogP contribution in [-0.4, -0.2) is 30.4 Å². The summed E-state index contributed by atoms with van der Waals surface area (Å²) in [4.78, 5) is 10.1. The lowest BCUT2D eigenvalue weighted by molar-refractivity contribution is -0.194. The molecule has 0 saturated carbocycles.